The summed E-state index contributed by atoms with van der Waals surface area (Å²) >= 11 is 3.35. The Morgan fingerprint density at radius 2 is 2.04 bits per heavy atom. The topological polar surface area (TPSA) is 94.1 Å². The van der Waals surface area contributed by atoms with Gasteiger partial charge in [-0.3, -0.25) is 4.79 Å². The van der Waals surface area contributed by atoms with Crippen molar-refractivity contribution in [2.45, 2.75) is 19.4 Å². The number of hydrogen-bond donors (Lipinski definition) is 2. The zero-order chi connectivity index (χ0) is 17.4. The van der Waals surface area contributed by atoms with E-state index in [0.717, 1.165) is 6.42 Å². The number of carbonyl (C=O) groups excluding carboxylic acids is 1. The molecule has 8 heteroatoms. The van der Waals surface area contributed by atoms with E-state index >= 15 is 0 Å². The number of nitrogens with one attached hydrogen (secondary N) is 1. The van der Waals surface area contributed by atoms with Crippen LogP contribution < -0.4 is 14.8 Å². The molecule has 0 saturated heterocycles. The molecule has 1 amide bonds. The second kappa shape index (κ2) is 9.36. The molecule has 0 aromatic heterocycles. The summed E-state index contributed by atoms with van der Waals surface area (Å²) in [5, 5.41) is 11.4. The van der Waals surface area contributed by atoms with Crippen LogP contribution in [0, 0.1) is 0 Å². The van der Waals surface area contributed by atoms with E-state index in [1.807, 2.05) is 6.92 Å². The predicted molar refractivity (Wildman–Crippen MR) is 87.2 cm³/mol. The average molecular weight is 390 g/mol. The summed E-state index contributed by atoms with van der Waals surface area (Å²) in [5.74, 6) is -0.644. The Hall–Kier alpha value is -1.80. The molecule has 1 rings (SSSR count). The van der Waals surface area contributed by atoms with Crippen molar-refractivity contribution in [3.8, 4) is 11.5 Å². The van der Waals surface area contributed by atoms with Crippen molar-refractivity contribution in [2.75, 3.05) is 27.4 Å². The highest BCUT2D eigenvalue weighted by Gasteiger charge is 2.19. The second-order valence-electron chi connectivity index (χ2n) is 4.61. The summed E-state index contributed by atoms with van der Waals surface area (Å²) in [6, 6.07) is 3.12. The van der Waals surface area contributed by atoms with Crippen molar-refractivity contribution in [1.82, 2.24) is 5.32 Å². The van der Waals surface area contributed by atoms with Gasteiger partial charge >= 0.3 is 5.97 Å². The van der Waals surface area contributed by atoms with E-state index in [2.05, 4.69) is 21.2 Å². The minimum Gasteiger partial charge on any atom is -0.493 e. The minimum absolute atomic E-state index is 0.140. The van der Waals surface area contributed by atoms with E-state index in [1.165, 1.54) is 20.3 Å². The molecule has 23 heavy (non-hydrogen) atoms. The van der Waals surface area contributed by atoms with Gasteiger partial charge in [0, 0.05) is 12.7 Å². The number of amides is 1. The Morgan fingerprint density at radius 3 is 2.57 bits per heavy atom. The third-order valence-corrected chi connectivity index (χ3v) is 3.54. The van der Waals surface area contributed by atoms with E-state index in [0.29, 0.717) is 28.1 Å². The zero-order valence-corrected chi connectivity index (χ0v) is 14.8. The van der Waals surface area contributed by atoms with Crippen LogP contribution in [0.25, 0.3) is 0 Å². The van der Waals surface area contributed by atoms with Crippen molar-refractivity contribution in [3.63, 3.8) is 0 Å². The maximum Gasteiger partial charge on any atom is 0.334 e. The van der Waals surface area contributed by atoms with Crippen LogP contribution in [-0.2, 0) is 9.53 Å². The van der Waals surface area contributed by atoms with Crippen molar-refractivity contribution >= 4 is 27.8 Å². The molecule has 1 aromatic rings. The first kappa shape index (κ1) is 19.2. The van der Waals surface area contributed by atoms with Gasteiger partial charge in [-0.25, -0.2) is 4.79 Å². The molecule has 128 valence electrons. The van der Waals surface area contributed by atoms with Crippen LogP contribution in [0.5, 0.6) is 11.5 Å². The molecule has 0 aliphatic heterocycles. The summed E-state index contributed by atoms with van der Waals surface area (Å²) in [6.07, 6.45) is -0.262. The zero-order valence-electron chi connectivity index (χ0n) is 13.2. The molecule has 0 aliphatic rings. The molecule has 0 aliphatic carbocycles. The molecule has 0 spiro atoms. The maximum atomic E-state index is 12.2. The number of benzene rings is 1. The molecule has 1 atom stereocenters. The fourth-order valence-electron chi connectivity index (χ4n) is 1.75. The number of carbonyl (C=O) groups is 2. The fraction of sp³-hybridized carbons (Fsp3) is 0.467. The van der Waals surface area contributed by atoms with Gasteiger partial charge in [-0.2, -0.15) is 0 Å². The van der Waals surface area contributed by atoms with E-state index in [9.17, 15) is 9.59 Å². The quantitative estimate of drug-likeness (QED) is 0.671. The van der Waals surface area contributed by atoms with Crippen LogP contribution in [0.4, 0.5) is 0 Å². The monoisotopic (exact) mass is 389 g/mol. The molecule has 7 nitrogen and oxygen atoms in total. The molecule has 0 bridgehead atoms. The Balaban J connectivity index is 2.89. The number of rotatable bonds is 9. The average Bonchev–Trinajstić information content (AvgIpc) is 2.53. The van der Waals surface area contributed by atoms with Gasteiger partial charge in [-0.1, -0.05) is 6.92 Å². The van der Waals surface area contributed by atoms with Gasteiger partial charge in [0.2, 0.25) is 0 Å². The highest BCUT2D eigenvalue weighted by molar-refractivity contribution is 9.10. The number of aliphatic carboxylic acids is 1. The molecular formula is C15H20BrNO6. The molecular weight excluding hydrogens is 370 g/mol. The van der Waals surface area contributed by atoms with Crippen LogP contribution in [-0.4, -0.2) is 50.5 Å². The number of ether oxygens (including phenoxy) is 3. The lowest BCUT2D eigenvalue weighted by atomic mass is 10.2. The van der Waals surface area contributed by atoms with Crippen LogP contribution in [0.2, 0.25) is 0 Å². The normalized spacial score (nSPS) is 11.7. The standard InChI is InChI=1S/C15H20BrNO6/c1-4-5-23-13-10(16)6-9(7-11(13)21-2)14(18)17-8-12(22-3)15(19)20/h6-7,12H,4-5,8H2,1-3H3,(H,17,18)(H,19,20). The summed E-state index contributed by atoms with van der Waals surface area (Å²) in [6.45, 7) is 2.37. The number of carboxylic acid groups (broad SMARTS) is 1. The maximum absolute atomic E-state index is 12.2. The van der Waals surface area contributed by atoms with E-state index in [1.54, 1.807) is 6.07 Å². The number of hydrogen-bond acceptors (Lipinski definition) is 5. The molecule has 0 saturated carbocycles. The first-order chi connectivity index (χ1) is 10.9. The second-order valence-corrected chi connectivity index (χ2v) is 5.46. The van der Waals surface area contributed by atoms with Gasteiger partial charge in [-0.15, -0.1) is 0 Å². The number of carboxylic acids is 1. The minimum atomic E-state index is -1.14. The lowest BCUT2D eigenvalue weighted by molar-refractivity contribution is -0.148. The van der Waals surface area contributed by atoms with E-state index in [4.69, 9.17) is 19.3 Å². The van der Waals surface area contributed by atoms with Crippen LogP contribution in [0.15, 0.2) is 16.6 Å². The van der Waals surface area contributed by atoms with Crippen molar-refractivity contribution in [1.29, 1.82) is 0 Å². The smallest absolute Gasteiger partial charge is 0.334 e. The highest BCUT2D eigenvalue weighted by atomic mass is 79.9. The highest BCUT2D eigenvalue weighted by Crippen LogP contribution is 2.36. The first-order valence-corrected chi connectivity index (χ1v) is 7.78. The van der Waals surface area contributed by atoms with Gasteiger partial charge in [-0.05, 0) is 34.5 Å². The third kappa shape index (κ3) is 5.40. The van der Waals surface area contributed by atoms with Crippen molar-refractivity contribution in [2.24, 2.45) is 0 Å². The lowest BCUT2D eigenvalue weighted by Crippen LogP contribution is -2.37. The molecule has 1 unspecified atom stereocenters. The lowest BCUT2D eigenvalue weighted by Gasteiger charge is -2.15. The Labute approximate surface area is 143 Å². The Morgan fingerprint density at radius 1 is 1.35 bits per heavy atom. The van der Waals surface area contributed by atoms with Crippen LogP contribution >= 0.6 is 15.9 Å². The largest absolute Gasteiger partial charge is 0.493 e. The molecule has 1 aromatic carbocycles. The summed E-state index contributed by atoms with van der Waals surface area (Å²) in [4.78, 5) is 23.0. The molecule has 0 heterocycles. The number of methoxy groups -OCH3 is 2. The van der Waals surface area contributed by atoms with Crippen molar-refractivity contribution < 1.29 is 28.9 Å². The van der Waals surface area contributed by atoms with Gasteiger partial charge in [0.15, 0.2) is 17.6 Å². The van der Waals surface area contributed by atoms with Gasteiger partial charge in [0.05, 0.1) is 24.7 Å². The van der Waals surface area contributed by atoms with E-state index in [-0.39, 0.29) is 6.54 Å². The SMILES string of the molecule is CCCOc1c(Br)cc(C(=O)NCC(OC)C(=O)O)cc1OC. The number of halogens is 1. The van der Waals surface area contributed by atoms with Crippen LogP contribution in [0.3, 0.4) is 0 Å². The van der Waals surface area contributed by atoms with E-state index < -0.39 is 18.0 Å². The van der Waals surface area contributed by atoms with Gasteiger partial charge in [0.1, 0.15) is 0 Å². The molecule has 0 radical (unpaired) electrons. The summed E-state index contributed by atoms with van der Waals surface area (Å²) in [7, 11) is 2.75. The molecule has 2 N–H and O–H groups in total. The Bertz CT molecular complexity index is 563. The summed E-state index contributed by atoms with van der Waals surface area (Å²) < 4.78 is 16.2. The third-order valence-electron chi connectivity index (χ3n) is 2.95. The van der Waals surface area contributed by atoms with Crippen LogP contribution in [0.1, 0.15) is 23.7 Å². The summed E-state index contributed by atoms with van der Waals surface area (Å²) in [5.41, 5.74) is 0.317. The van der Waals surface area contributed by atoms with Gasteiger partial charge < -0.3 is 24.6 Å². The van der Waals surface area contributed by atoms with Gasteiger partial charge in [0.25, 0.3) is 5.91 Å². The predicted octanol–water partition coefficient (Wildman–Crippen LogP) is 2.08. The Kier molecular flexibility index (Phi) is 7.84. The fourth-order valence-corrected chi connectivity index (χ4v) is 2.31. The van der Waals surface area contributed by atoms with Crippen molar-refractivity contribution in [3.05, 3.63) is 22.2 Å². The molecule has 0 fully saturated rings. The first-order valence-electron chi connectivity index (χ1n) is 6.98.